The van der Waals surface area contributed by atoms with Crippen molar-refractivity contribution in [2.45, 2.75) is 13.8 Å². The maximum absolute atomic E-state index is 13.3. The van der Waals surface area contributed by atoms with E-state index in [2.05, 4.69) is 26.0 Å². The van der Waals surface area contributed by atoms with Crippen molar-refractivity contribution >= 4 is 28.1 Å². The topological polar surface area (TPSA) is 37.6 Å². The van der Waals surface area contributed by atoms with Crippen molar-refractivity contribution in [3.63, 3.8) is 0 Å². The van der Waals surface area contributed by atoms with Gasteiger partial charge in [0.15, 0.2) is 0 Å². The number of para-hydroxylation sites is 1. The largest absolute Gasteiger partial charge is 0.332 e. The van der Waals surface area contributed by atoms with Gasteiger partial charge in [-0.2, -0.15) is 0 Å². The summed E-state index contributed by atoms with van der Waals surface area (Å²) in [6.45, 7) is 9.14. The molecule has 0 spiro atoms. The van der Waals surface area contributed by atoms with Gasteiger partial charge >= 0.3 is 0 Å². The summed E-state index contributed by atoms with van der Waals surface area (Å²) in [7, 11) is 0. The minimum atomic E-state index is 0.133. The molecule has 0 atom stereocenters. The normalized spacial score (nSPS) is 15.5. The number of hydrogen-bond donors (Lipinski definition) is 1. The molecule has 1 N–H and O–H groups in total. The molecule has 1 aliphatic heterocycles. The Hall–Kier alpha value is -2.24. The molecule has 1 aromatic carbocycles. The van der Waals surface area contributed by atoms with Crippen molar-refractivity contribution in [2.24, 2.45) is 0 Å². The fourth-order valence-electron chi connectivity index (χ4n) is 3.60. The molecular formula is C21H24N3OS+. The molecular weight excluding hydrogens is 342 g/mol. The van der Waals surface area contributed by atoms with Crippen molar-refractivity contribution in [3.8, 4) is 10.6 Å². The average molecular weight is 367 g/mol. The summed E-state index contributed by atoms with van der Waals surface area (Å²) in [5.74, 6) is 0.133. The highest BCUT2D eigenvalue weighted by atomic mass is 32.1. The predicted octanol–water partition coefficient (Wildman–Crippen LogP) is 2.63. The fraction of sp³-hybridized carbons (Fsp3) is 0.333. The van der Waals surface area contributed by atoms with E-state index in [1.54, 1.807) is 16.2 Å². The Kier molecular flexibility index (Phi) is 4.74. The molecule has 1 aliphatic rings. The van der Waals surface area contributed by atoms with Gasteiger partial charge in [0, 0.05) is 10.3 Å². The minimum absolute atomic E-state index is 0.133. The Morgan fingerprint density at radius 2 is 1.96 bits per heavy atom. The van der Waals surface area contributed by atoms with Crippen LogP contribution in [0.5, 0.6) is 0 Å². The lowest BCUT2D eigenvalue weighted by atomic mass is 10.1. The summed E-state index contributed by atoms with van der Waals surface area (Å²) in [6, 6.07) is 14.1. The van der Waals surface area contributed by atoms with Gasteiger partial charge in [0.1, 0.15) is 0 Å². The summed E-state index contributed by atoms with van der Waals surface area (Å²) >= 11 is 1.72. The highest BCUT2D eigenvalue weighted by molar-refractivity contribution is 7.15. The van der Waals surface area contributed by atoms with E-state index < -0.39 is 0 Å². The number of aromatic nitrogens is 1. The van der Waals surface area contributed by atoms with Crippen LogP contribution in [0.1, 0.15) is 22.2 Å². The van der Waals surface area contributed by atoms with E-state index in [-0.39, 0.29) is 5.91 Å². The zero-order chi connectivity index (χ0) is 18.1. The summed E-state index contributed by atoms with van der Waals surface area (Å²) in [5, 5.41) is 0.944. The smallest absolute Gasteiger partial charge is 0.255 e. The van der Waals surface area contributed by atoms with Gasteiger partial charge in [-0.05, 0) is 38.1 Å². The highest BCUT2D eigenvalue weighted by Gasteiger charge is 2.25. The average Bonchev–Trinajstić information content (AvgIpc) is 3.13. The first kappa shape index (κ1) is 17.2. The Morgan fingerprint density at radius 1 is 1.19 bits per heavy atom. The Morgan fingerprint density at radius 3 is 2.65 bits per heavy atom. The number of carbonyl (C=O) groups is 1. The van der Waals surface area contributed by atoms with Crippen LogP contribution in [0.15, 0.2) is 42.5 Å². The molecule has 4 nitrogen and oxygen atoms in total. The van der Waals surface area contributed by atoms with Crippen molar-refractivity contribution in [1.82, 2.24) is 9.88 Å². The van der Waals surface area contributed by atoms with Crippen LogP contribution < -0.4 is 4.90 Å². The maximum atomic E-state index is 13.3. The van der Waals surface area contributed by atoms with E-state index in [4.69, 9.17) is 4.98 Å². The molecule has 1 amide bonds. The van der Waals surface area contributed by atoms with Crippen LogP contribution >= 0.6 is 11.3 Å². The number of quaternary nitrogens is 1. The summed E-state index contributed by atoms with van der Waals surface area (Å²) in [4.78, 5) is 24.0. The van der Waals surface area contributed by atoms with Gasteiger partial charge in [0.05, 0.1) is 54.4 Å². The van der Waals surface area contributed by atoms with Crippen LogP contribution in [0.2, 0.25) is 0 Å². The molecule has 26 heavy (non-hydrogen) atoms. The van der Waals surface area contributed by atoms with E-state index in [9.17, 15) is 4.79 Å². The molecule has 0 saturated carbocycles. The first-order valence-corrected chi connectivity index (χ1v) is 10.1. The number of hydrogen-bond acceptors (Lipinski definition) is 3. The molecule has 0 unspecified atom stereocenters. The SMILES string of the molecule is CC[NH+]1CCN(C(=O)c2cc(-c3ccc(C)s3)nc3ccccc23)CC1. The van der Waals surface area contributed by atoms with Crippen LogP contribution in [0.4, 0.5) is 0 Å². The van der Waals surface area contributed by atoms with Crippen LogP contribution in [-0.4, -0.2) is 48.5 Å². The van der Waals surface area contributed by atoms with Gasteiger partial charge in [-0.3, -0.25) is 4.79 Å². The molecule has 0 radical (unpaired) electrons. The second-order valence-corrected chi connectivity index (χ2v) is 8.17. The van der Waals surface area contributed by atoms with E-state index in [0.29, 0.717) is 0 Å². The molecule has 1 fully saturated rings. The molecule has 2 aromatic heterocycles. The molecule has 4 rings (SSSR count). The van der Waals surface area contributed by atoms with Gasteiger partial charge < -0.3 is 9.80 Å². The van der Waals surface area contributed by atoms with Crippen molar-refractivity contribution in [2.75, 3.05) is 32.7 Å². The third-order valence-corrected chi connectivity index (χ3v) is 6.22. The number of likely N-dealkylation sites (N-methyl/N-ethyl adjacent to an activating group) is 1. The van der Waals surface area contributed by atoms with Gasteiger partial charge in [-0.1, -0.05) is 18.2 Å². The fourth-order valence-corrected chi connectivity index (χ4v) is 4.43. The summed E-state index contributed by atoms with van der Waals surface area (Å²) < 4.78 is 0. The third-order valence-electron chi connectivity index (χ3n) is 5.20. The number of fused-ring (bicyclic) bond motifs is 1. The Balaban J connectivity index is 1.74. The van der Waals surface area contributed by atoms with E-state index in [0.717, 1.165) is 59.8 Å². The van der Waals surface area contributed by atoms with E-state index >= 15 is 0 Å². The number of thiophene rings is 1. The Labute approximate surface area is 158 Å². The number of piperazine rings is 1. The number of rotatable bonds is 3. The molecule has 5 heteroatoms. The molecule has 0 bridgehead atoms. The van der Waals surface area contributed by atoms with E-state index in [1.807, 2.05) is 35.2 Å². The Bertz CT molecular complexity index is 941. The first-order valence-electron chi connectivity index (χ1n) is 9.25. The van der Waals surface area contributed by atoms with Gasteiger partial charge in [-0.25, -0.2) is 4.98 Å². The maximum Gasteiger partial charge on any atom is 0.255 e. The van der Waals surface area contributed by atoms with Gasteiger partial charge in [0.2, 0.25) is 0 Å². The van der Waals surface area contributed by atoms with Crippen LogP contribution in [-0.2, 0) is 0 Å². The van der Waals surface area contributed by atoms with Gasteiger partial charge in [-0.15, -0.1) is 11.3 Å². The zero-order valence-corrected chi connectivity index (χ0v) is 16.1. The second-order valence-electron chi connectivity index (χ2n) is 6.88. The molecule has 0 aliphatic carbocycles. The molecule has 3 heterocycles. The standard InChI is InChI=1S/C21H23N3OS/c1-3-23-10-12-24(13-11-23)21(25)17-14-19(20-9-8-15(2)26-20)22-18-7-5-4-6-16(17)18/h4-9,14H,3,10-13H2,1-2H3/p+1. The number of nitrogens with one attached hydrogen (secondary N) is 1. The van der Waals surface area contributed by atoms with E-state index in [1.165, 1.54) is 4.88 Å². The third kappa shape index (κ3) is 3.24. The number of carbonyl (C=O) groups excluding carboxylic acids is 1. The molecule has 134 valence electrons. The molecule has 1 saturated heterocycles. The van der Waals surface area contributed by atoms with Crippen molar-refractivity contribution in [3.05, 3.63) is 52.9 Å². The number of benzene rings is 1. The number of pyridine rings is 1. The lowest BCUT2D eigenvalue weighted by Crippen LogP contribution is -3.14. The summed E-state index contributed by atoms with van der Waals surface area (Å²) in [5.41, 5.74) is 2.55. The van der Waals surface area contributed by atoms with Crippen LogP contribution in [0, 0.1) is 6.92 Å². The van der Waals surface area contributed by atoms with Crippen LogP contribution in [0.25, 0.3) is 21.5 Å². The quantitative estimate of drug-likeness (QED) is 0.774. The van der Waals surface area contributed by atoms with Crippen LogP contribution in [0.3, 0.4) is 0 Å². The number of aryl methyl sites for hydroxylation is 1. The summed E-state index contributed by atoms with van der Waals surface area (Å²) in [6.07, 6.45) is 0. The lowest BCUT2D eigenvalue weighted by molar-refractivity contribution is -0.902. The highest BCUT2D eigenvalue weighted by Crippen LogP contribution is 2.30. The molecule has 3 aromatic rings. The van der Waals surface area contributed by atoms with Gasteiger partial charge in [0.25, 0.3) is 5.91 Å². The van der Waals surface area contributed by atoms with Crippen molar-refractivity contribution in [1.29, 1.82) is 0 Å². The zero-order valence-electron chi connectivity index (χ0n) is 15.3. The number of nitrogens with zero attached hydrogens (tertiary/aromatic N) is 2. The second kappa shape index (κ2) is 7.17. The number of amides is 1. The predicted molar refractivity (Wildman–Crippen MR) is 107 cm³/mol. The minimum Gasteiger partial charge on any atom is -0.332 e. The lowest BCUT2D eigenvalue weighted by Gasteiger charge is -2.32. The monoisotopic (exact) mass is 366 g/mol. The van der Waals surface area contributed by atoms with Crippen molar-refractivity contribution < 1.29 is 9.69 Å². The first-order chi connectivity index (χ1) is 12.7.